The van der Waals surface area contributed by atoms with Crippen LogP contribution in [0.3, 0.4) is 0 Å². The molecule has 3 heterocycles. The van der Waals surface area contributed by atoms with Crippen LogP contribution in [0.15, 0.2) is 24.8 Å². The maximum atomic E-state index is 12.4. The summed E-state index contributed by atoms with van der Waals surface area (Å²) in [6, 6.07) is 1.81. The van der Waals surface area contributed by atoms with Crippen molar-refractivity contribution in [1.82, 2.24) is 39.8 Å². The van der Waals surface area contributed by atoms with Gasteiger partial charge in [0.15, 0.2) is 0 Å². The number of hydrogen-bond donors (Lipinski definition) is 2. The van der Waals surface area contributed by atoms with Crippen LogP contribution in [0.2, 0.25) is 0 Å². The molecule has 4 rings (SSSR count). The molecular weight excluding hydrogens is 348 g/mol. The van der Waals surface area contributed by atoms with Crippen LogP contribution in [0.1, 0.15) is 41.8 Å². The van der Waals surface area contributed by atoms with Gasteiger partial charge in [-0.2, -0.15) is 5.10 Å². The summed E-state index contributed by atoms with van der Waals surface area (Å²) in [5, 5.41) is 9.66. The van der Waals surface area contributed by atoms with Gasteiger partial charge in [-0.15, -0.1) is 0 Å². The molecule has 0 radical (unpaired) electrons. The van der Waals surface area contributed by atoms with E-state index in [1.165, 1.54) is 26.1 Å². The van der Waals surface area contributed by atoms with Crippen LogP contribution in [0.5, 0.6) is 0 Å². The second-order valence-corrected chi connectivity index (χ2v) is 6.66. The maximum absolute atomic E-state index is 12.4. The van der Waals surface area contributed by atoms with E-state index in [1.807, 2.05) is 12.3 Å². The Hall–Kier alpha value is -3.30. The fourth-order valence-electron chi connectivity index (χ4n) is 2.72. The van der Waals surface area contributed by atoms with E-state index >= 15 is 0 Å². The Morgan fingerprint density at radius 1 is 1.19 bits per heavy atom. The number of carbonyl (C=O) groups excluding carboxylic acids is 2. The molecule has 0 aliphatic heterocycles. The van der Waals surface area contributed by atoms with E-state index in [1.54, 1.807) is 15.3 Å². The van der Waals surface area contributed by atoms with Gasteiger partial charge in [-0.1, -0.05) is 0 Å². The molecule has 0 atom stereocenters. The monoisotopic (exact) mass is 368 g/mol. The number of imidazole rings is 1. The molecule has 140 valence electrons. The highest BCUT2D eigenvalue weighted by molar-refractivity contribution is 5.90. The lowest BCUT2D eigenvalue weighted by molar-refractivity contribution is -0.119. The van der Waals surface area contributed by atoms with Crippen molar-refractivity contribution >= 4 is 17.6 Å². The molecule has 2 N–H and O–H groups in total. The van der Waals surface area contributed by atoms with E-state index in [2.05, 4.69) is 30.7 Å². The van der Waals surface area contributed by atoms with Crippen LogP contribution in [0.25, 0.3) is 5.78 Å². The highest BCUT2D eigenvalue weighted by Gasteiger charge is 2.25. The minimum absolute atomic E-state index is 0.113. The zero-order valence-electron chi connectivity index (χ0n) is 14.9. The summed E-state index contributed by atoms with van der Waals surface area (Å²) in [5.41, 5.74) is 1.40. The zero-order valence-corrected chi connectivity index (χ0v) is 14.9. The molecule has 3 aromatic heterocycles. The van der Waals surface area contributed by atoms with Crippen molar-refractivity contribution in [3.05, 3.63) is 42.0 Å². The number of nitrogens with one attached hydrogen (secondary N) is 2. The summed E-state index contributed by atoms with van der Waals surface area (Å²) in [5.74, 6) is 1.05. The largest absolute Gasteiger partial charge is 0.351 e. The summed E-state index contributed by atoms with van der Waals surface area (Å²) in [7, 11) is 0. The first kappa shape index (κ1) is 17.1. The minimum atomic E-state index is -0.274. The predicted octanol–water partition coefficient (Wildman–Crippen LogP) is 0.297. The standard InChI is InChI=1S/C17H20N8O2/c1-11(26)18-6-13-4-5-24-9-14(23-17(24)22-13)7-19-16(27)15-20-10-21-25(15)8-12-2-3-12/h4-5,9-10,12H,2-3,6-8H2,1H3,(H,18,26)(H,19,27). The number of fused-ring (bicyclic) bond motifs is 1. The van der Waals surface area contributed by atoms with Gasteiger partial charge in [0, 0.05) is 25.9 Å². The van der Waals surface area contributed by atoms with Crippen molar-refractivity contribution in [3.8, 4) is 0 Å². The Labute approximate surface area is 155 Å². The molecule has 0 unspecified atom stereocenters. The quantitative estimate of drug-likeness (QED) is 0.619. The van der Waals surface area contributed by atoms with Crippen LogP contribution in [0.4, 0.5) is 0 Å². The summed E-state index contributed by atoms with van der Waals surface area (Å²) >= 11 is 0. The highest BCUT2D eigenvalue weighted by atomic mass is 16.2. The summed E-state index contributed by atoms with van der Waals surface area (Å²) in [6.07, 6.45) is 7.39. The zero-order chi connectivity index (χ0) is 18.8. The molecule has 1 aliphatic rings. The molecule has 10 nitrogen and oxygen atoms in total. The lowest BCUT2D eigenvalue weighted by Gasteiger charge is -2.05. The van der Waals surface area contributed by atoms with E-state index in [0.29, 0.717) is 35.5 Å². The number of carbonyl (C=O) groups is 2. The van der Waals surface area contributed by atoms with E-state index in [-0.39, 0.29) is 18.4 Å². The number of rotatable bonds is 7. The van der Waals surface area contributed by atoms with Gasteiger partial charge in [0.2, 0.25) is 17.5 Å². The van der Waals surface area contributed by atoms with Gasteiger partial charge in [-0.3, -0.25) is 14.0 Å². The molecule has 27 heavy (non-hydrogen) atoms. The molecule has 10 heteroatoms. The van der Waals surface area contributed by atoms with Crippen LogP contribution in [-0.2, 0) is 24.4 Å². The van der Waals surface area contributed by atoms with Gasteiger partial charge in [0.25, 0.3) is 5.91 Å². The van der Waals surface area contributed by atoms with Gasteiger partial charge < -0.3 is 10.6 Å². The SMILES string of the molecule is CC(=O)NCc1ccn2cc(CNC(=O)c3ncnn3CC3CC3)nc2n1. The lowest BCUT2D eigenvalue weighted by Crippen LogP contribution is -2.27. The second-order valence-electron chi connectivity index (χ2n) is 6.66. The summed E-state index contributed by atoms with van der Waals surface area (Å²) < 4.78 is 3.43. The molecule has 0 aromatic carbocycles. The Morgan fingerprint density at radius 3 is 2.74 bits per heavy atom. The Balaban J connectivity index is 1.40. The first-order valence-corrected chi connectivity index (χ1v) is 8.82. The fraction of sp³-hybridized carbons (Fsp3) is 0.412. The summed E-state index contributed by atoms with van der Waals surface area (Å²) in [6.45, 7) is 2.80. The van der Waals surface area contributed by atoms with Crippen LogP contribution < -0.4 is 10.6 Å². The van der Waals surface area contributed by atoms with Crippen LogP contribution >= 0.6 is 0 Å². The van der Waals surface area contributed by atoms with Gasteiger partial charge in [0.1, 0.15) is 6.33 Å². The normalized spacial score (nSPS) is 13.7. The van der Waals surface area contributed by atoms with Crippen molar-refractivity contribution in [1.29, 1.82) is 0 Å². The molecule has 2 amide bonds. The Kier molecular flexibility index (Phi) is 4.53. The van der Waals surface area contributed by atoms with E-state index in [4.69, 9.17) is 0 Å². The van der Waals surface area contributed by atoms with Gasteiger partial charge in [0.05, 0.1) is 24.5 Å². The van der Waals surface area contributed by atoms with Crippen molar-refractivity contribution in [3.63, 3.8) is 0 Å². The average Bonchev–Trinajstić information content (AvgIpc) is 3.17. The molecule has 1 saturated carbocycles. The topological polar surface area (TPSA) is 119 Å². The first-order valence-electron chi connectivity index (χ1n) is 8.82. The first-order chi connectivity index (χ1) is 13.1. The van der Waals surface area contributed by atoms with Crippen molar-refractivity contribution in [2.45, 2.75) is 39.4 Å². The predicted molar refractivity (Wildman–Crippen MR) is 94.4 cm³/mol. The highest BCUT2D eigenvalue weighted by Crippen LogP contribution is 2.30. The Bertz CT molecular complexity index is 988. The third-order valence-corrected chi connectivity index (χ3v) is 4.33. The fourth-order valence-corrected chi connectivity index (χ4v) is 2.72. The Morgan fingerprint density at radius 2 is 1.96 bits per heavy atom. The second kappa shape index (κ2) is 7.14. The van der Waals surface area contributed by atoms with Crippen molar-refractivity contribution < 1.29 is 9.59 Å². The molecule has 3 aromatic rings. The van der Waals surface area contributed by atoms with Gasteiger partial charge in [-0.05, 0) is 24.8 Å². The number of hydrogen-bond acceptors (Lipinski definition) is 6. The van der Waals surface area contributed by atoms with E-state index in [9.17, 15) is 9.59 Å². The smallest absolute Gasteiger partial charge is 0.289 e. The van der Waals surface area contributed by atoms with Crippen molar-refractivity contribution in [2.24, 2.45) is 5.92 Å². The number of amides is 2. The number of nitrogens with zero attached hydrogens (tertiary/aromatic N) is 6. The summed E-state index contributed by atoms with van der Waals surface area (Å²) in [4.78, 5) is 36.3. The lowest BCUT2D eigenvalue weighted by atomic mass is 10.4. The third-order valence-electron chi connectivity index (χ3n) is 4.33. The van der Waals surface area contributed by atoms with E-state index in [0.717, 1.165) is 6.54 Å². The molecule has 0 spiro atoms. The molecule has 0 saturated heterocycles. The van der Waals surface area contributed by atoms with Crippen LogP contribution in [-0.4, -0.2) is 40.9 Å². The van der Waals surface area contributed by atoms with Crippen molar-refractivity contribution in [2.75, 3.05) is 0 Å². The molecule has 1 fully saturated rings. The molecule has 0 bridgehead atoms. The minimum Gasteiger partial charge on any atom is -0.351 e. The van der Waals surface area contributed by atoms with Gasteiger partial charge in [-0.25, -0.2) is 19.6 Å². The van der Waals surface area contributed by atoms with Gasteiger partial charge >= 0.3 is 0 Å². The number of aromatic nitrogens is 6. The maximum Gasteiger partial charge on any atom is 0.289 e. The molecule has 1 aliphatic carbocycles. The average molecular weight is 368 g/mol. The van der Waals surface area contributed by atoms with E-state index < -0.39 is 0 Å². The van der Waals surface area contributed by atoms with Crippen LogP contribution in [0, 0.1) is 5.92 Å². The molecular formula is C17H20N8O2. The third kappa shape index (κ3) is 4.10.